The van der Waals surface area contributed by atoms with Crippen molar-refractivity contribution in [1.29, 1.82) is 0 Å². The van der Waals surface area contributed by atoms with Crippen LogP contribution in [0.25, 0.3) is 0 Å². The van der Waals surface area contributed by atoms with Crippen molar-refractivity contribution in [3.63, 3.8) is 0 Å². The van der Waals surface area contributed by atoms with Gasteiger partial charge in [-0.2, -0.15) is 0 Å². The van der Waals surface area contributed by atoms with E-state index in [1.165, 1.54) is 0 Å². The summed E-state index contributed by atoms with van der Waals surface area (Å²) in [5.41, 5.74) is 1.41. The first-order valence-electron chi connectivity index (χ1n) is 9.89. The van der Waals surface area contributed by atoms with Crippen LogP contribution in [-0.4, -0.2) is 35.9 Å². The quantitative estimate of drug-likeness (QED) is 0.700. The number of hydrogen-bond acceptors (Lipinski definition) is 3. The largest absolute Gasteiger partial charge is 0.497 e. The number of amides is 2. The van der Waals surface area contributed by atoms with E-state index in [4.69, 9.17) is 16.3 Å². The van der Waals surface area contributed by atoms with Crippen LogP contribution in [-0.2, 0) is 11.3 Å². The number of hydrogen-bond donors (Lipinski definition) is 1. The van der Waals surface area contributed by atoms with E-state index in [0.717, 1.165) is 24.2 Å². The molecule has 0 aromatic heterocycles. The van der Waals surface area contributed by atoms with Crippen molar-refractivity contribution in [3.8, 4) is 5.75 Å². The first-order valence-corrected chi connectivity index (χ1v) is 10.3. The molecule has 5 nitrogen and oxygen atoms in total. The Hall–Kier alpha value is -2.53. The molecular weight excluding hydrogens is 388 g/mol. The van der Waals surface area contributed by atoms with Crippen molar-refractivity contribution in [2.24, 2.45) is 5.92 Å². The Morgan fingerprint density at radius 3 is 2.34 bits per heavy atom. The average Bonchev–Trinajstić information content (AvgIpc) is 3.55. The summed E-state index contributed by atoms with van der Waals surface area (Å²) in [7, 11) is 1.63. The molecule has 0 saturated heterocycles. The molecule has 0 spiro atoms. The summed E-state index contributed by atoms with van der Waals surface area (Å²) >= 11 is 6.15. The fourth-order valence-corrected chi connectivity index (χ4v) is 3.48. The van der Waals surface area contributed by atoms with Gasteiger partial charge in [-0.05, 0) is 48.6 Å². The van der Waals surface area contributed by atoms with Crippen molar-refractivity contribution in [1.82, 2.24) is 10.2 Å². The third-order valence-electron chi connectivity index (χ3n) is 5.12. The zero-order valence-electron chi connectivity index (χ0n) is 17.0. The van der Waals surface area contributed by atoms with Gasteiger partial charge in [-0.3, -0.25) is 9.59 Å². The summed E-state index contributed by atoms with van der Waals surface area (Å²) < 4.78 is 5.21. The van der Waals surface area contributed by atoms with Crippen molar-refractivity contribution < 1.29 is 14.3 Å². The average molecular weight is 415 g/mol. The molecule has 0 unspecified atom stereocenters. The van der Waals surface area contributed by atoms with Gasteiger partial charge in [0, 0.05) is 12.6 Å². The topological polar surface area (TPSA) is 58.6 Å². The highest BCUT2D eigenvalue weighted by atomic mass is 35.5. The maximum absolute atomic E-state index is 13.4. The van der Waals surface area contributed by atoms with Crippen LogP contribution in [0.15, 0.2) is 48.5 Å². The van der Waals surface area contributed by atoms with E-state index in [1.54, 1.807) is 31.4 Å². The monoisotopic (exact) mass is 414 g/mol. The maximum atomic E-state index is 13.4. The van der Waals surface area contributed by atoms with Crippen molar-refractivity contribution in [3.05, 3.63) is 64.7 Å². The van der Waals surface area contributed by atoms with Crippen LogP contribution in [0.3, 0.4) is 0 Å². The van der Waals surface area contributed by atoms with E-state index >= 15 is 0 Å². The van der Waals surface area contributed by atoms with E-state index in [-0.39, 0.29) is 23.8 Å². The zero-order chi connectivity index (χ0) is 21.0. The molecule has 2 amide bonds. The molecule has 0 aliphatic heterocycles. The second-order valence-electron chi connectivity index (χ2n) is 7.72. The molecule has 1 atom stereocenters. The molecule has 1 aliphatic rings. The summed E-state index contributed by atoms with van der Waals surface area (Å²) in [5.74, 6) is 0.345. The van der Waals surface area contributed by atoms with Crippen LogP contribution < -0.4 is 10.1 Å². The second kappa shape index (κ2) is 9.31. The van der Waals surface area contributed by atoms with Gasteiger partial charge in [-0.15, -0.1) is 0 Å². The lowest BCUT2D eigenvalue weighted by molar-refractivity contribution is -0.135. The van der Waals surface area contributed by atoms with Crippen LogP contribution in [0.1, 0.15) is 42.6 Å². The van der Waals surface area contributed by atoms with Crippen molar-refractivity contribution in [2.75, 3.05) is 7.11 Å². The van der Waals surface area contributed by atoms with Crippen LogP contribution in [0.2, 0.25) is 5.02 Å². The Kier molecular flexibility index (Phi) is 6.80. The van der Waals surface area contributed by atoms with E-state index in [1.807, 2.05) is 43.0 Å². The minimum atomic E-state index is -0.613. The SMILES string of the molecule is COc1ccc(CN(C(=O)[C@@H](NC(=O)c2ccccc2Cl)C(C)C)C2CC2)cc1. The molecule has 2 aromatic carbocycles. The first kappa shape index (κ1) is 21.2. The Morgan fingerprint density at radius 2 is 1.79 bits per heavy atom. The number of nitrogens with zero attached hydrogens (tertiary/aromatic N) is 1. The molecule has 154 valence electrons. The molecule has 1 fully saturated rings. The second-order valence-corrected chi connectivity index (χ2v) is 8.13. The molecule has 29 heavy (non-hydrogen) atoms. The van der Waals surface area contributed by atoms with E-state index in [2.05, 4.69) is 5.32 Å². The lowest BCUT2D eigenvalue weighted by atomic mass is 10.0. The molecule has 0 bridgehead atoms. The number of methoxy groups -OCH3 is 1. The van der Waals surface area contributed by atoms with E-state index in [9.17, 15) is 9.59 Å². The Bertz CT molecular complexity index is 863. The highest BCUT2D eigenvalue weighted by molar-refractivity contribution is 6.33. The number of benzene rings is 2. The predicted octanol–water partition coefficient (Wildman–Crippen LogP) is 4.29. The minimum absolute atomic E-state index is 0.0499. The molecule has 1 N–H and O–H groups in total. The lowest BCUT2D eigenvalue weighted by Crippen LogP contribution is -2.51. The van der Waals surface area contributed by atoms with Gasteiger partial charge in [0.15, 0.2) is 0 Å². The lowest BCUT2D eigenvalue weighted by Gasteiger charge is -2.30. The smallest absolute Gasteiger partial charge is 0.253 e. The third-order valence-corrected chi connectivity index (χ3v) is 5.45. The fourth-order valence-electron chi connectivity index (χ4n) is 3.26. The van der Waals surface area contributed by atoms with Crippen molar-refractivity contribution >= 4 is 23.4 Å². The molecule has 2 aromatic rings. The van der Waals surface area contributed by atoms with Gasteiger partial charge in [0.25, 0.3) is 5.91 Å². The number of ether oxygens (including phenoxy) is 1. The first-order chi connectivity index (χ1) is 13.9. The number of nitrogens with one attached hydrogen (secondary N) is 1. The Labute approximate surface area is 177 Å². The standard InChI is InChI=1S/C23H27ClN2O3/c1-15(2)21(25-22(27)19-6-4-5-7-20(19)24)23(28)26(17-10-11-17)14-16-8-12-18(29-3)13-9-16/h4-9,12-13,15,17,21H,10-11,14H2,1-3H3,(H,25,27)/t21-/m0/s1. The fraction of sp³-hybridized carbons (Fsp3) is 0.391. The molecule has 0 radical (unpaired) electrons. The summed E-state index contributed by atoms with van der Waals surface area (Å²) in [4.78, 5) is 28.0. The van der Waals surface area contributed by atoms with Crippen LogP contribution in [0, 0.1) is 5.92 Å². The summed E-state index contributed by atoms with van der Waals surface area (Å²) in [5, 5.41) is 3.28. The highest BCUT2D eigenvalue weighted by Crippen LogP contribution is 2.30. The van der Waals surface area contributed by atoms with Gasteiger partial charge in [-0.1, -0.05) is 49.7 Å². The van der Waals surface area contributed by atoms with Crippen molar-refractivity contribution in [2.45, 2.75) is 45.3 Å². The van der Waals surface area contributed by atoms with Gasteiger partial charge in [0.05, 0.1) is 17.7 Å². The highest BCUT2D eigenvalue weighted by Gasteiger charge is 2.37. The van der Waals surface area contributed by atoms with Crippen LogP contribution in [0.4, 0.5) is 0 Å². The van der Waals surface area contributed by atoms with E-state index in [0.29, 0.717) is 17.1 Å². The third kappa shape index (κ3) is 5.30. The van der Waals surface area contributed by atoms with Gasteiger partial charge >= 0.3 is 0 Å². The summed E-state index contributed by atoms with van der Waals surface area (Å²) in [6.45, 7) is 4.39. The number of rotatable bonds is 8. The summed E-state index contributed by atoms with van der Waals surface area (Å²) in [6.07, 6.45) is 1.98. The predicted molar refractivity (Wildman–Crippen MR) is 114 cm³/mol. The molecule has 6 heteroatoms. The molecular formula is C23H27ClN2O3. The van der Waals surface area contributed by atoms with E-state index < -0.39 is 6.04 Å². The summed E-state index contributed by atoms with van der Waals surface area (Å²) in [6, 6.07) is 14.2. The number of halogens is 1. The minimum Gasteiger partial charge on any atom is -0.497 e. The molecule has 3 rings (SSSR count). The Morgan fingerprint density at radius 1 is 1.14 bits per heavy atom. The van der Waals surface area contributed by atoms with Gasteiger partial charge in [0.1, 0.15) is 11.8 Å². The van der Waals surface area contributed by atoms with Crippen LogP contribution in [0.5, 0.6) is 5.75 Å². The number of carbonyl (C=O) groups excluding carboxylic acids is 2. The van der Waals surface area contributed by atoms with Gasteiger partial charge in [-0.25, -0.2) is 0 Å². The van der Waals surface area contributed by atoms with Gasteiger partial charge < -0.3 is 15.0 Å². The zero-order valence-corrected chi connectivity index (χ0v) is 17.8. The number of carbonyl (C=O) groups is 2. The molecule has 0 heterocycles. The van der Waals surface area contributed by atoms with Crippen LogP contribution >= 0.6 is 11.6 Å². The molecule has 1 aliphatic carbocycles. The molecule has 1 saturated carbocycles. The van der Waals surface area contributed by atoms with Gasteiger partial charge in [0.2, 0.25) is 5.91 Å². The normalized spacial score (nSPS) is 14.4. The maximum Gasteiger partial charge on any atom is 0.253 e. The Balaban J connectivity index is 1.76.